The zero-order chi connectivity index (χ0) is 20.9. The molecule has 0 unspecified atom stereocenters. The van der Waals surface area contributed by atoms with Crippen LogP contribution in [-0.2, 0) is 4.74 Å². The van der Waals surface area contributed by atoms with Gasteiger partial charge < -0.3 is 20.3 Å². The summed E-state index contributed by atoms with van der Waals surface area (Å²) in [5, 5.41) is 0.933. The average molecular weight is 425 g/mol. The second-order valence-electron chi connectivity index (χ2n) is 7.65. The van der Waals surface area contributed by atoms with Gasteiger partial charge in [-0.25, -0.2) is 9.36 Å². The van der Waals surface area contributed by atoms with E-state index in [2.05, 4.69) is 35.0 Å². The Morgan fingerprint density at radius 1 is 1.03 bits per heavy atom. The van der Waals surface area contributed by atoms with Gasteiger partial charge in [0, 0.05) is 47.9 Å². The molecule has 158 valence electrons. The van der Waals surface area contributed by atoms with Gasteiger partial charge in [-0.05, 0) is 49.9 Å². The van der Waals surface area contributed by atoms with E-state index in [1.165, 1.54) is 9.46 Å². The van der Waals surface area contributed by atoms with Crippen molar-refractivity contribution in [3.63, 3.8) is 0 Å². The van der Waals surface area contributed by atoms with Gasteiger partial charge in [0.2, 0.25) is 0 Å². The summed E-state index contributed by atoms with van der Waals surface area (Å²) in [4.78, 5) is 19.7. The van der Waals surface area contributed by atoms with Crippen LogP contribution in [0.15, 0.2) is 64.4 Å². The number of aromatic nitrogens is 1. The lowest BCUT2D eigenvalue weighted by Gasteiger charge is -2.32. The topological polar surface area (TPSA) is 63.7 Å². The quantitative estimate of drug-likeness (QED) is 0.604. The predicted molar refractivity (Wildman–Crippen MR) is 122 cm³/mol. The summed E-state index contributed by atoms with van der Waals surface area (Å²) in [5.74, 6) is 0.399. The van der Waals surface area contributed by atoms with Gasteiger partial charge in [-0.15, -0.1) is 0 Å². The first-order chi connectivity index (χ1) is 14.6. The van der Waals surface area contributed by atoms with E-state index in [1.807, 2.05) is 36.4 Å². The van der Waals surface area contributed by atoms with Crippen LogP contribution in [0.2, 0.25) is 0 Å². The van der Waals surface area contributed by atoms with Gasteiger partial charge in [0.15, 0.2) is 0 Å². The summed E-state index contributed by atoms with van der Waals surface area (Å²) in [6.45, 7) is 5.67. The molecule has 4 rings (SSSR count). The van der Waals surface area contributed by atoms with Crippen molar-refractivity contribution in [3.05, 3.63) is 54.6 Å². The number of ether oxygens (including phenoxy) is 1. The Labute approximate surface area is 181 Å². The maximum absolute atomic E-state index is 12.6. The molecule has 0 spiro atoms. The monoisotopic (exact) mass is 424 g/mol. The van der Waals surface area contributed by atoms with Gasteiger partial charge in [0.05, 0.1) is 12.1 Å². The third-order valence-corrected chi connectivity index (χ3v) is 6.40. The number of nitrogen functional groups attached to an aromatic ring is 1. The molecule has 0 atom stereocenters. The van der Waals surface area contributed by atoms with Gasteiger partial charge in [-0.1, -0.05) is 30.0 Å². The summed E-state index contributed by atoms with van der Waals surface area (Å²) in [5.41, 5.74) is 6.91. The first-order valence-corrected chi connectivity index (χ1v) is 11.1. The Morgan fingerprint density at radius 2 is 1.80 bits per heavy atom. The van der Waals surface area contributed by atoms with Crippen LogP contribution in [0.4, 0.5) is 10.6 Å². The molecule has 0 bridgehead atoms. The number of piperazine rings is 1. The maximum Gasteiger partial charge on any atom is 0.420 e. The first kappa shape index (κ1) is 20.8. The number of carbonyl (C=O) groups is 1. The lowest BCUT2D eigenvalue weighted by molar-refractivity contribution is 0.124. The Morgan fingerprint density at radius 3 is 2.57 bits per heavy atom. The zero-order valence-corrected chi connectivity index (χ0v) is 18.1. The molecule has 7 heteroatoms. The van der Waals surface area contributed by atoms with Gasteiger partial charge >= 0.3 is 6.09 Å². The number of likely N-dealkylation sites (N-methyl/N-ethyl adjacent to an activating group) is 1. The fraction of sp³-hybridized carbons (Fsp3) is 0.348. The van der Waals surface area contributed by atoms with E-state index < -0.39 is 6.09 Å². The maximum atomic E-state index is 12.6. The molecular weight excluding hydrogens is 396 g/mol. The molecule has 1 saturated heterocycles. The van der Waals surface area contributed by atoms with Crippen molar-refractivity contribution in [3.8, 4) is 0 Å². The highest BCUT2D eigenvalue weighted by Gasteiger charge is 2.16. The van der Waals surface area contributed by atoms with Crippen LogP contribution in [0.3, 0.4) is 0 Å². The number of hydrogen-bond acceptors (Lipinski definition) is 6. The van der Waals surface area contributed by atoms with E-state index in [-0.39, 0.29) is 0 Å². The Balaban J connectivity index is 1.36. The van der Waals surface area contributed by atoms with Crippen molar-refractivity contribution in [1.82, 2.24) is 14.4 Å². The van der Waals surface area contributed by atoms with Crippen LogP contribution < -0.4 is 5.73 Å². The minimum Gasteiger partial charge on any atom is -0.449 e. The lowest BCUT2D eigenvalue weighted by Crippen LogP contribution is -2.44. The Hall–Kier alpha value is -2.48. The van der Waals surface area contributed by atoms with Gasteiger partial charge in [-0.3, -0.25) is 0 Å². The SMILES string of the molecule is CN1CCN(CCCOC(=O)n2c(N)cc3cc(Sc4ccccc4)ccc32)CC1. The number of nitrogens with two attached hydrogens (primary N) is 1. The number of hydrogen-bond donors (Lipinski definition) is 1. The second kappa shape index (κ2) is 9.55. The number of carbonyl (C=O) groups excluding carboxylic acids is 1. The van der Waals surface area contributed by atoms with E-state index in [0.717, 1.165) is 54.9 Å². The minimum absolute atomic E-state index is 0.395. The van der Waals surface area contributed by atoms with Gasteiger partial charge in [-0.2, -0.15) is 0 Å². The molecule has 1 aromatic heterocycles. The summed E-state index contributed by atoms with van der Waals surface area (Å²) >= 11 is 1.68. The third kappa shape index (κ3) is 4.98. The number of fused-ring (bicyclic) bond motifs is 1. The standard InChI is InChI=1S/C23H28N4O2S/c1-25-11-13-26(14-12-25)10-5-15-29-23(28)27-21-9-8-20(16-18(21)17-22(27)24)30-19-6-3-2-4-7-19/h2-4,6-9,16-17H,5,10-15,24H2,1H3. The molecule has 1 aliphatic rings. The van der Waals surface area contributed by atoms with Crippen LogP contribution in [-0.4, -0.2) is 66.8 Å². The number of nitrogens with zero attached hydrogens (tertiary/aromatic N) is 3. The zero-order valence-electron chi connectivity index (χ0n) is 17.3. The van der Waals surface area contributed by atoms with Gasteiger partial charge in [0.25, 0.3) is 0 Å². The fourth-order valence-electron chi connectivity index (χ4n) is 3.69. The molecule has 30 heavy (non-hydrogen) atoms. The van der Waals surface area contributed by atoms with E-state index in [1.54, 1.807) is 11.8 Å². The van der Waals surface area contributed by atoms with Crippen LogP contribution in [0.5, 0.6) is 0 Å². The summed E-state index contributed by atoms with van der Waals surface area (Å²) < 4.78 is 6.98. The fourth-order valence-corrected chi connectivity index (χ4v) is 4.58. The molecule has 0 amide bonds. The van der Waals surface area contributed by atoms with E-state index in [0.29, 0.717) is 12.4 Å². The summed E-state index contributed by atoms with van der Waals surface area (Å²) in [6, 6.07) is 18.0. The first-order valence-electron chi connectivity index (χ1n) is 10.3. The van der Waals surface area contributed by atoms with Crippen LogP contribution in [0.25, 0.3) is 10.9 Å². The van der Waals surface area contributed by atoms with E-state index in [4.69, 9.17) is 10.5 Å². The molecular formula is C23H28N4O2S. The number of benzene rings is 2. The molecule has 1 fully saturated rings. The molecule has 0 saturated carbocycles. The van der Waals surface area contributed by atoms with E-state index >= 15 is 0 Å². The Bertz CT molecular complexity index is 997. The normalized spacial score (nSPS) is 15.5. The van der Waals surface area contributed by atoms with Crippen molar-refractivity contribution < 1.29 is 9.53 Å². The smallest absolute Gasteiger partial charge is 0.420 e. The van der Waals surface area contributed by atoms with Crippen LogP contribution in [0, 0.1) is 0 Å². The lowest BCUT2D eigenvalue weighted by atomic mass is 10.2. The summed E-state index contributed by atoms with van der Waals surface area (Å²) in [7, 11) is 2.15. The second-order valence-corrected chi connectivity index (χ2v) is 8.80. The molecule has 2 aromatic carbocycles. The third-order valence-electron chi connectivity index (χ3n) is 5.40. The number of rotatable bonds is 6. The van der Waals surface area contributed by atoms with Crippen molar-refractivity contribution in [2.24, 2.45) is 0 Å². The van der Waals surface area contributed by atoms with Crippen molar-refractivity contribution in [2.45, 2.75) is 16.2 Å². The van der Waals surface area contributed by atoms with Crippen molar-refractivity contribution in [1.29, 1.82) is 0 Å². The molecule has 2 heterocycles. The predicted octanol–water partition coefficient (Wildman–Crippen LogP) is 4.00. The van der Waals surface area contributed by atoms with Crippen molar-refractivity contribution >= 4 is 34.6 Å². The molecule has 0 radical (unpaired) electrons. The van der Waals surface area contributed by atoms with E-state index in [9.17, 15) is 4.79 Å². The minimum atomic E-state index is -0.413. The molecule has 1 aliphatic heterocycles. The highest BCUT2D eigenvalue weighted by Crippen LogP contribution is 2.31. The molecule has 0 aliphatic carbocycles. The highest BCUT2D eigenvalue weighted by molar-refractivity contribution is 7.99. The average Bonchev–Trinajstić information content (AvgIpc) is 3.08. The highest BCUT2D eigenvalue weighted by atomic mass is 32.2. The van der Waals surface area contributed by atoms with Crippen LogP contribution in [0.1, 0.15) is 6.42 Å². The molecule has 6 nitrogen and oxygen atoms in total. The largest absolute Gasteiger partial charge is 0.449 e. The molecule has 2 N–H and O–H groups in total. The van der Waals surface area contributed by atoms with Crippen molar-refractivity contribution in [2.75, 3.05) is 52.1 Å². The number of anilines is 1. The Kier molecular flexibility index (Phi) is 6.62. The molecule has 3 aromatic rings. The van der Waals surface area contributed by atoms with Crippen LogP contribution >= 0.6 is 11.8 Å². The van der Waals surface area contributed by atoms with Gasteiger partial charge in [0.1, 0.15) is 5.82 Å². The summed E-state index contributed by atoms with van der Waals surface area (Å²) in [6.07, 6.45) is 0.413.